The molecule has 0 fully saturated rings. The lowest BCUT2D eigenvalue weighted by Crippen LogP contribution is -2.34. The molecule has 5 heteroatoms. The second-order valence-corrected chi connectivity index (χ2v) is 5.30. The highest BCUT2D eigenvalue weighted by atomic mass is 79.9. The second-order valence-electron chi connectivity index (χ2n) is 3.98. The van der Waals surface area contributed by atoms with Gasteiger partial charge in [0.1, 0.15) is 5.41 Å². The van der Waals surface area contributed by atoms with E-state index in [-0.39, 0.29) is 5.91 Å². The molecule has 0 saturated carbocycles. The first kappa shape index (κ1) is 15.0. The number of nitrogens with one attached hydrogen (secondary N) is 1. The summed E-state index contributed by atoms with van der Waals surface area (Å²) in [6.45, 7) is 3.66. The molecule has 0 unspecified atom stereocenters. The minimum atomic E-state index is -0.990. The van der Waals surface area contributed by atoms with Gasteiger partial charge in [-0.05, 0) is 31.0 Å². The second kappa shape index (κ2) is 6.21. The summed E-state index contributed by atoms with van der Waals surface area (Å²) in [6.07, 6.45) is 0.944. The van der Waals surface area contributed by atoms with Gasteiger partial charge >= 0.3 is 0 Å². The number of hydrogen-bond donors (Lipinski definition) is 1. The average molecular weight is 330 g/mol. The van der Waals surface area contributed by atoms with Crippen LogP contribution in [0.25, 0.3) is 0 Å². The molecule has 1 rings (SSSR count). The Kier molecular flexibility index (Phi) is 5.18. The van der Waals surface area contributed by atoms with Crippen LogP contribution >= 0.6 is 27.5 Å². The van der Waals surface area contributed by atoms with Crippen LogP contribution < -0.4 is 5.32 Å². The number of anilines is 1. The lowest BCUT2D eigenvalue weighted by Gasteiger charge is -2.22. The van der Waals surface area contributed by atoms with E-state index in [1.165, 1.54) is 0 Å². The summed E-state index contributed by atoms with van der Waals surface area (Å²) in [5.74, 6) is -0.306. The van der Waals surface area contributed by atoms with Crippen molar-refractivity contribution in [2.24, 2.45) is 5.41 Å². The quantitative estimate of drug-likeness (QED) is 0.891. The third-order valence-corrected chi connectivity index (χ3v) is 3.84. The fourth-order valence-electron chi connectivity index (χ4n) is 1.61. The van der Waals surface area contributed by atoms with Crippen LogP contribution in [0.15, 0.2) is 22.7 Å². The van der Waals surface area contributed by atoms with Gasteiger partial charge in [0.25, 0.3) is 0 Å². The smallest absolute Gasteiger partial charge is 0.244 e. The standard InChI is InChI=1S/C13H14BrClN2O/c1-3-13(4-2,8-16)12(18)17-11-6-5-9(14)7-10(11)15/h5-7H,3-4H2,1-2H3,(H,17,18). The molecule has 0 saturated heterocycles. The van der Waals surface area contributed by atoms with Crippen LogP contribution in [0.5, 0.6) is 0 Å². The van der Waals surface area contributed by atoms with E-state index in [9.17, 15) is 10.1 Å². The number of carbonyl (C=O) groups excluding carboxylic acids is 1. The van der Waals surface area contributed by atoms with Crippen LogP contribution in [0.2, 0.25) is 5.02 Å². The van der Waals surface area contributed by atoms with Crippen molar-refractivity contribution in [3.05, 3.63) is 27.7 Å². The Balaban J connectivity index is 2.97. The topological polar surface area (TPSA) is 52.9 Å². The zero-order valence-electron chi connectivity index (χ0n) is 10.3. The SMILES string of the molecule is CCC(C#N)(CC)C(=O)Nc1ccc(Br)cc1Cl. The highest BCUT2D eigenvalue weighted by molar-refractivity contribution is 9.10. The average Bonchev–Trinajstić information content (AvgIpc) is 2.36. The van der Waals surface area contributed by atoms with Crippen molar-refractivity contribution in [1.82, 2.24) is 0 Å². The van der Waals surface area contributed by atoms with E-state index in [1.54, 1.807) is 18.2 Å². The molecule has 3 nitrogen and oxygen atoms in total. The van der Waals surface area contributed by atoms with E-state index in [2.05, 4.69) is 27.3 Å². The lowest BCUT2D eigenvalue weighted by molar-refractivity contribution is -0.123. The van der Waals surface area contributed by atoms with Crippen molar-refractivity contribution >= 4 is 39.1 Å². The molecule has 0 aliphatic rings. The molecule has 0 bridgehead atoms. The van der Waals surface area contributed by atoms with E-state index in [1.807, 2.05) is 13.8 Å². The van der Waals surface area contributed by atoms with Gasteiger partial charge in [-0.2, -0.15) is 5.26 Å². The molecule has 1 aromatic carbocycles. The van der Waals surface area contributed by atoms with E-state index in [4.69, 9.17) is 11.6 Å². The first-order valence-electron chi connectivity index (χ1n) is 5.67. The summed E-state index contributed by atoms with van der Waals surface area (Å²) in [6, 6.07) is 7.29. The highest BCUT2D eigenvalue weighted by Crippen LogP contribution is 2.30. The Labute approximate surface area is 120 Å². The molecule has 1 amide bonds. The molecule has 96 valence electrons. The Bertz CT molecular complexity index is 492. The molecule has 1 aromatic rings. The Morgan fingerprint density at radius 2 is 2.11 bits per heavy atom. The number of benzene rings is 1. The zero-order valence-corrected chi connectivity index (χ0v) is 12.6. The fourth-order valence-corrected chi connectivity index (χ4v) is 2.33. The summed E-state index contributed by atoms with van der Waals surface area (Å²) < 4.78 is 0.836. The summed E-state index contributed by atoms with van der Waals surface area (Å²) >= 11 is 9.32. The van der Waals surface area contributed by atoms with Gasteiger partial charge in [-0.3, -0.25) is 4.79 Å². The summed E-state index contributed by atoms with van der Waals surface area (Å²) in [4.78, 5) is 12.2. The molecule has 0 atom stereocenters. The van der Waals surface area contributed by atoms with Gasteiger partial charge in [-0.25, -0.2) is 0 Å². The van der Waals surface area contributed by atoms with Crippen LogP contribution in [-0.2, 0) is 4.79 Å². The largest absolute Gasteiger partial charge is 0.323 e. The minimum Gasteiger partial charge on any atom is -0.323 e. The van der Waals surface area contributed by atoms with Gasteiger partial charge < -0.3 is 5.32 Å². The van der Waals surface area contributed by atoms with Crippen LogP contribution in [-0.4, -0.2) is 5.91 Å². The molecule has 0 spiro atoms. The number of rotatable bonds is 4. The number of amides is 1. The van der Waals surface area contributed by atoms with Crippen molar-refractivity contribution in [1.29, 1.82) is 5.26 Å². The first-order chi connectivity index (χ1) is 8.49. The number of nitrogens with zero attached hydrogens (tertiary/aromatic N) is 1. The molecule has 0 aromatic heterocycles. The Morgan fingerprint density at radius 3 is 2.56 bits per heavy atom. The van der Waals surface area contributed by atoms with Crippen molar-refractivity contribution in [3.63, 3.8) is 0 Å². The van der Waals surface area contributed by atoms with Crippen molar-refractivity contribution < 1.29 is 4.79 Å². The van der Waals surface area contributed by atoms with Gasteiger partial charge in [0, 0.05) is 4.47 Å². The van der Waals surface area contributed by atoms with Crippen LogP contribution in [0.4, 0.5) is 5.69 Å². The van der Waals surface area contributed by atoms with Gasteiger partial charge in [-0.1, -0.05) is 41.4 Å². The predicted molar refractivity (Wildman–Crippen MR) is 76.4 cm³/mol. The van der Waals surface area contributed by atoms with Gasteiger partial charge in [0.2, 0.25) is 5.91 Å². The minimum absolute atomic E-state index is 0.306. The molecule has 0 aliphatic heterocycles. The van der Waals surface area contributed by atoms with E-state index in [0.29, 0.717) is 23.6 Å². The number of hydrogen-bond acceptors (Lipinski definition) is 2. The third-order valence-electron chi connectivity index (χ3n) is 3.04. The molecular weight excluding hydrogens is 316 g/mol. The molecule has 1 N–H and O–H groups in total. The predicted octanol–water partition coefficient (Wildman–Crippen LogP) is 4.37. The normalized spacial score (nSPS) is 10.8. The molecule has 0 heterocycles. The van der Waals surface area contributed by atoms with E-state index >= 15 is 0 Å². The molecule has 0 radical (unpaired) electrons. The number of carbonyl (C=O) groups is 1. The maximum Gasteiger partial charge on any atom is 0.244 e. The molecular formula is C13H14BrClN2O. The maximum absolute atomic E-state index is 12.2. The molecule has 0 aliphatic carbocycles. The van der Waals surface area contributed by atoms with E-state index in [0.717, 1.165) is 4.47 Å². The van der Waals surface area contributed by atoms with Crippen molar-refractivity contribution in [2.45, 2.75) is 26.7 Å². The van der Waals surface area contributed by atoms with Crippen LogP contribution in [0.3, 0.4) is 0 Å². The van der Waals surface area contributed by atoms with Crippen molar-refractivity contribution in [2.75, 3.05) is 5.32 Å². The first-order valence-corrected chi connectivity index (χ1v) is 6.84. The highest BCUT2D eigenvalue weighted by Gasteiger charge is 2.35. The summed E-state index contributed by atoms with van der Waals surface area (Å²) in [7, 11) is 0. The Morgan fingerprint density at radius 1 is 1.50 bits per heavy atom. The van der Waals surface area contributed by atoms with Crippen LogP contribution in [0, 0.1) is 16.7 Å². The van der Waals surface area contributed by atoms with Gasteiger partial charge in [0.05, 0.1) is 16.8 Å². The van der Waals surface area contributed by atoms with Crippen molar-refractivity contribution in [3.8, 4) is 6.07 Å². The number of halogens is 2. The monoisotopic (exact) mass is 328 g/mol. The molecule has 18 heavy (non-hydrogen) atoms. The summed E-state index contributed by atoms with van der Waals surface area (Å²) in [5.41, 5.74) is -0.470. The summed E-state index contributed by atoms with van der Waals surface area (Å²) in [5, 5.41) is 12.3. The Hall–Kier alpha value is -1.05. The number of nitriles is 1. The third kappa shape index (κ3) is 3.04. The fraction of sp³-hybridized carbons (Fsp3) is 0.385. The maximum atomic E-state index is 12.2. The van der Waals surface area contributed by atoms with Crippen LogP contribution in [0.1, 0.15) is 26.7 Å². The van der Waals surface area contributed by atoms with Gasteiger partial charge in [0.15, 0.2) is 0 Å². The van der Waals surface area contributed by atoms with Gasteiger partial charge in [-0.15, -0.1) is 0 Å². The lowest BCUT2D eigenvalue weighted by atomic mass is 9.83. The zero-order chi connectivity index (χ0) is 13.8. The van der Waals surface area contributed by atoms with E-state index < -0.39 is 5.41 Å².